The Kier molecular flexibility index (Phi) is 4.53. The number of carbonyl (C=O) groups is 1. The molecule has 0 spiro atoms. The van der Waals surface area contributed by atoms with E-state index in [9.17, 15) is 4.79 Å². The lowest BCUT2D eigenvalue weighted by molar-refractivity contribution is 0.178. The molecule has 1 aliphatic heterocycles. The van der Waals surface area contributed by atoms with Crippen LogP contribution in [0.4, 0.5) is 4.79 Å². The van der Waals surface area contributed by atoms with Crippen LogP contribution in [-0.4, -0.2) is 29.3 Å². The first-order valence-electron chi connectivity index (χ1n) is 6.50. The van der Waals surface area contributed by atoms with Crippen molar-refractivity contribution in [2.45, 2.75) is 31.8 Å². The molecule has 1 heterocycles. The molecule has 2 unspecified atom stereocenters. The summed E-state index contributed by atoms with van der Waals surface area (Å²) < 4.78 is 0. The van der Waals surface area contributed by atoms with Crippen molar-refractivity contribution in [3.05, 3.63) is 35.9 Å². The predicted octanol–water partition coefficient (Wildman–Crippen LogP) is 2.85. The van der Waals surface area contributed by atoms with Crippen LogP contribution in [0.15, 0.2) is 30.3 Å². The molecule has 18 heavy (non-hydrogen) atoms. The van der Waals surface area contributed by atoms with Crippen molar-refractivity contribution in [3.8, 4) is 0 Å². The van der Waals surface area contributed by atoms with Gasteiger partial charge in [0.1, 0.15) is 0 Å². The summed E-state index contributed by atoms with van der Waals surface area (Å²) in [7, 11) is 0. The molecular formula is C14H20N2OS. The highest BCUT2D eigenvalue weighted by atomic mass is 32.1. The molecule has 0 bridgehead atoms. The van der Waals surface area contributed by atoms with E-state index in [0.29, 0.717) is 12.3 Å². The number of thiol groups is 1. The Morgan fingerprint density at radius 3 is 2.78 bits per heavy atom. The van der Waals surface area contributed by atoms with Gasteiger partial charge in [-0.2, -0.15) is 12.6 Å². The maximum atomic E-state index is 12.0. The Morgan fingerprint density at radius 2 is 2.17 bits per heavy atom. The first-order chi connectivity index (χ1) is 8.77. The fourth-order valence-corrected chi connectivity index (χ4v) is 2.90. The number of benzene rings is 1. The van der Waals surface area contributed by atoms with E-state index in [0.717, 1.165) is 12.8 Å². The molecule has 98 valence electrons. The standard InChI is InChI=1S/C14H20N2OS/c1-2-6-12(10-18)16-13(9-15-14(16)17)11-7-4-3-5-8-11/h3-5,7-8,12-13,18H,2,6,9-10H2,1H3,(H,15,17). The Bertz CT molecular complexity index is 396. The van der Waals surface area contributed by atoms with Gasteiger partial charge in [0.25, 0.3) is 0 Å². The van der Waals surface area contributed by atoms with E-state index < -0.39 is 0 Å². The van der Waals surface area contributed by atoms with E-state index in [1.807, 2.05) is 23.1 Å². The van der Waals surface area contributed by atoms with Gasteiger partial charge in [-0.15, -0.1) is 0 Å². The van der Waals surface area contributed by atoms with Gasteiger partial charge in [0.2, 0.25) is 0 Å². The van der Waals surface area contributed by atoms with Gasteiger partial charge in [-0.05, 0) is 12.0 Å². The largest absolute Gasteiger partial charge is 0.336 e. The van der Waals surface area contributed by atoms with Crippen molar-refractivity contribution < 1.29 is 4.79 Å². The van der Waals surface area contributed by atoms with Crippen molar-refractivity contribution >= 4 is 18.7 Å². The summed E-state index contributed by atoms with van der Waals surface area (Å²) in [5.41, 5.74) is 1.19. The minimum absolute atomic E-state index is 0.0383. The molecule has 4 heteroatoms. The topological polar surface area (TPSA) is 32.3 Å². The van der Waals surface area contributed by atoms with Crippen LogP contribution in [-0.2, 0) is 0 Å². The summed E-state index contributed by atoms with van der Waals surface area (Å²) in [5, 5.41) is 2.94. The number of carbonyl (C=O) groups excluding carboxylic acids is 1. The van der Waals surface area contributed by atoms with Crippen LogP contribution in [0, 0.1) is 0 Å². The first-order valence-corrected chi connectivity index (χ1v) is 7.13. The number of amides is 2. The van der Waals surface area contributed by atoms with Crippen LogP contribution in [0.2, 0.25) is 0 Å². The number of hydrogen-bond donors (Lipinski definition) is 2. The molecule has 2 amide bonds. The highest BCUT2D eigenvalue weighted by molar-refractivity contribution is 7.80. The zero-order valence-electron chi connectivity index (χ0n) is 10.7. The fraction of sp³-hybridized carbons (Fsp3) is 0.500. The maximum Gasteiger partial charge on any atom is 0.318 e. The second kappa shape index (κ2) is 6.14. The van der Waals surface area contributed by atoms with Crippen molar-refractivity contribution in [2.24, 2.45) is 0 Å². The Labute approximate surface area is 114 Å². The van der Waals surface area contributed by atoms with E-state index in [4.69, 9.17) is 0 Å². The van der Waals surface area contributed by atoms with Gasteiger partial charge in [-0.25, -0.2) is 4.79 Å². The average molecular weight is 264 g/mol. The summed E-state index contributed by atoms with van der Waals surface area (Å²) in [6.07, 6.45) is 2.07. The van der Waals surface area contributed by atoms with Crippen LogP contribution in [0.5, 0.6) is 0 Å². The number of nitrogens with zero attached hydrogens (tertiary/aromatic N) is 1. The molecule has 0 saturated carbocycles. The van der Waals surface area contributed by atoms with Gasteiger partial charge in [0.15, 0.2) is 0 Å². The minimum atomic E-state index is 0.0383. The average Bonchev–Trinajstić information content (AvgIpc) is 2.79. The Balaban J connectivity index is 2.22. The second-order valence-electron chi connectivity index (χ2n) is 4.64. The molecule has 1 saturated heterocycles. The first kappa shape index (κ1) is 13.3. The summed E-state index contributed by atoms with van der Waals surface area (Å²) in [5.74, 6) is 0.713. The monoisotopic (exact) mass is 264 g/mol. The Hall–Kier alpha value is -1.16. The van der Waals surface area contributed by atoms with E-state index in [2.05, 4.69) is 37.0 Å². The molecular weight excluding hydrogens is 244 g/mol. The zero-order chi connectivity index (χ0) is 13.0. The summed E-state index contributed by atoms with van der Waals surface area (Å²) >= 11 is 4.40. The van der Waals surface area contributed by atoms with Gasteiger partial charge in [0, 0.05) is 18.3 Å². The zero-order valence-corrected chi connectivity index (χ0v) is 11.6. The highest BCUT2D eigenvalue weighted by Crippen LogP contribution is 2.28. The number of nitrogens with one attached hydrogen (secondary N) is 1. The SMILES string of the molecule is CCCC(CS)N1C(=O)NCC1c1ccccc1. The smallest absolute Gasteiger partial charge is 0.318 e. The Morgan fingerprint density at radius 1 is 1.44 bits per heavy atom. The number of hydrogen-bond acceptors (Lipinski definition) is 2. The minimum Gasteiger partial charge on any atom is -0.336 e. The molecule has 0 aliphatic carbocycles. The summed E-state index contributed by atoms with van der Waals surface area (Å²) in [6.45, 7) is 2.83. The predicted molar refractivity (Wildman–Crippen MR) is 77.0 cm³/mol. The number of urea groups is 1. The van der Waals surface area contributed by atoms with Crippen LogP contribution in [0.3, 0.4) is 0 Å². The van der Waals surface area contributed by atoms with Gasteiger partial charge in [0.05, 0.1) is 6.04 Å². The summed E-state index contributed by atoms with van der Waals surface area (Å²) in [6, 6.07) is 10.6. The third kappa shape index (κ3) is 2.64. The van der Waals surface area contributed by atoms with Gasteiger partial charge < -0.3 is 10.2 Å². The molecule has 1 fully saturated rings. The molecule has 2 rings (SSSR count). The van der Waals surface area contributed by atoms with Gasteiger partial charge in [-0.3, -0.25) is 0 Å². The van der Waals surface area contributed by atoms with Crippen LogP contribution in [0.25, 0.3) is 0 Å². The van der Waals surface area contributed by atoms with Gasteiger partial charge >= 0.3 is 6.03 Å². The second-order valence-corrected chi connectivity index (χ2v) is 5.01. The third-order valence-corrected chi connectivity index (χ3v) is 3.85. The molecule has 0 aromatic heterocycles. The molecule has 1 aliphatic rings. The van der Waals surface area contributed by atoms with Crippen LogP contribution < -0.4 is 5.32 Å². The van der Waals surface area contributed by atoms with Crippen molar-refractivity contribution in [1.29, 1.82) is 0 Å². The fourth-order valence-electron chi connectivity index (χ4n) is 2.54. The van der Waals surface area contributed by atoms with E-state index in [1.54, 1.807) is 0 Å². The van der Waals surface area contributed by atoms with Crippen LogP contribution >= 0.6 is 12.6 Å². The van der Waals surface area contributed by atoms with E-state index in [-0.39, 0.29) is 18.1 Å². The number of rotatable bonds is 5. The quantitative estimate of drug-likeness (QED) is 0.788. The van der Waals surface area contributed by atoms with Crippen molar-refractivity contribution in [3.63, 3.8) is 0 Å². The molecule has 3 nitrogen and oxygen atoms in total. The highest BCUT2D eigenvalue weighted by Gasteiger charge is 2.35. The van der Waals surface area contributed by atoms with Crippen molar-refractivity contribution in [1.82, 2.24) is 10.2 Å². The molecule has 1 N–H and O–H groups in total. The normalized spacial score (nSPS) is 20.9. The van der Waals surface area contributed by atoms with Crippen molar-refractivity contribution in [2.75, 3.05) is 12.3 Å². The third-order valence-electron chi connectivity index (χ3n) is 3.43. The molecule has 2 atom stereocenters. The molecule has 1 aromatic carbocycles. The maximum absolute atomic E-state index is 12.0. The summed E-state index contributed by atoms with van der Waals surface area (Å²) in [4.78, 5) is 14.0. The lowest BCUT2D eigenvalue weighted by atomic mass is 10.0. The van der Waals surface area contributed by atoms with E-state index in [1.165, 1.54) is 5.56 Å². The van der Waals surface area contributed by atoms with Crippen LogP contribution in [0.1, 0.15) is 31.4 Å². The van der Waals surface area contributed by atoms with E-state index >= 15 is 0 Å². The lowest BCUT2D eigenvalue weighted by Gasteiger charge is -2.31. The molecule has 0 radical (unpaired) electrons. The lowest BCUT2D eigenvalue weighted by Crippen LogP contribution is -2.40. The van der Waals surface area contributed by atoms with Gasteiger partial charge in [-0.1, -0.05) is 43.7 Å². The molecule has 1 aromatic rings.